The summed E-state index contributed by atoms with van der Waals surface area (Å²) >= 11 is 0. The third-order valence-corrected chi connectivity index (χ3v) is 4.05. The van der Waals surface area contributed by atoms with Crippen molar-refractivity contribution in [1.29, 1.82) is 0 Å². The first-order valence-corrected chi connectivity index (χ1v) is 6.38. The maximum atomic E-state index is 4.03. The van der Waals surface area contributed by atoms with Gasteiger partial charge in [0.15, 0.2) is 0 Å². The first-order valence-electron chi connectivity index (χ1n) is 6.38. The normalized spacial score (nSPS) is 27.0. The lowest BCUT2D eigenvalue weighted by Crippen LogP contribution is -2.19. The molecular formula is C15H26. The minimum Gasteiger partial charge on any atom is -0.100 e. The average molecular weight is 206 g/mol. The smallest absolute Gasteiger partial charge is 0.0291 e. The Kier molecular flexibility index (Phi) is 4.63. The SMILES string of the molecule is C=C(C)CCC1(CC)CCC=C(C)CC1. The van der Waals surface area contributed by atoms with Crippen molar-refractivity contribution in [1.82, 2.24) is 0 Å². The quantitative estimate of drug-likeness (QED) is 0.550. The lowest BCUT2D eigenvalue weighted by molar-refractivity contribution is 0.215. The molecule has 0 bridgehead atoms. The summed E-state index contributed by atoms with van der Waals surface area (Å²) in [5.74, 6) is 0. The fourth-order valence-corrected chi connectivity index (χ4v) is 2.57. The summed E-state index contributed by atoms with van der Waals surface area (Å²) in [6.45, 7) is 10.8. The molecule has 0 aliphatic heterocycles. The van der Waals surface area contributed by atoms with Crippen LogP contribution in [0, 0.1) is 5.41 Å². The van der Waals surface area contributed by atoms with Crippen molar-refractivity contribution in [3.63, 3.8) is 0 Å². The zero-order valence-electron chi connectivity index (χ0n) is 10.7. The second-order valence-electron chi connectivity index (χ2n) is 5.40. The first kappa shape index (κ1) is 12.5. The monoisotopic (exact) mass is 206 g/mol. The fraction of sp³-hybridized carbons (Fsp3) is 0.733. The van der Waals surface area contributed by atoms with Crippen LogP contribution in [0.25, 0.3) is 0 Å². The van der Waals surface area contributed by atoms with E-state index in [1.54, 1.807) is 5.57 Å². The molecule has 0 N–H and O–H groups in total. The van der Waals surface area contributed by atoms with Crippen LogP contribution in [0.2, 0.25) is 0 Å². The first-order chi connectivity index (χ1) is 7.08. The highest BCUT2D eigenvalue weighted by Crippen LogP contribution is 2.42. The molecule has 0 aromatic heterocycles. The molecule has 1 atom stereocenters. The molecule has 0 saturated carbocycles. The van der Waals surface area contributed by atoms with Crippen LogP contribution in [0.15, 0.2) is 23.8 Å². The maximum absolute atomic E-state index is 4.03. The number of hydrogen-bond donors (Lipinski definition) is 0. The van der Waals surface area contributed by atoms with Crippen molar-refractivity contribution in [3.05, 3.63) is 23.8 Å². The van der Waals surface area contributed by atoms with Gasteiger partial charge in [-0.3, -0.25) is 0 Å². The van der Waals surface area contributed by atoms with Gasteiger partial charge in [-0.2, -0.15) is 0 Å². The Morgan fingerprint density at radius 3 is 2.80 bits per heavy atom. The summed E-state index contributed by atoms with van der Waals surface area (Å²) in [5, 5.41) is 0. The highest BCUT2D eigenvalue weighted by atomic mass is 14.3. The molecular weight excluding hydrogens is 180 g/mol. The van der Waals surface area contributed by atoms with Crippen LogP contribution in [0.4, 0.5) is 0 Å². The van der Waals surface area contributed by atoms with Crippen molar-refractivity contribution in [2.75, 3.05) is 0 Å². The summed E-state index contributed by atoms with van der Waals surface area (Å²) in [7, 11) is 0. The van der Waals surface area contributed by atoms with Crippen LogP contribution < -0.4 is 0 Å². The van der Waals surface area contributed by atoms with E-state index in [0.717, 1.165) is 0 Å². The van der Waals surface area contributed by atoms with Gasteiger partial charge in [-0.25, -0.2) is 0 Å². The Bertz CT molecular complexity index is 247. The molecule has 0 aromatic carbocycles. The minimum absolute atomic E-state index is 0.604. The minimum atomic E-state index is 0.604. The number of allylic oxidation sites excluding steroid dienone is 3. The molecule has 0 heteroatoms. The van der Waals surface area contributed by atoms with Gasteiger partial charge >= 0.3 is 0 Å². The van der Waals surface area contributed by atoms with Crippen LogP contribution in [-0.4, -0.2) is 0 Å². The van der Waals surface area contributed by atoms with Crippen LogP contribution in [0.3, 0.4) is 0 Å². The van der Waals surface area contributed by atoms with E-state index in [0.29, 0.717) is 5.41 Å². The van der Waals surface area contributed by atoms with E-state index in [9.17, 15) is 0 Å². The molecule has 1 aliphatic carbocycles. The van der Waals surface area contributed by atoms with Gasteiger partial charge in [0.05, 0.1) is 0 Å². The third kappa shape index (κ3) is 3.85. The molecule has 1 rings (SSSR count). The predicted octanol–water partition coefficient (Wildman–Crippen LogP) is 5.26. The molecule has 0 fully saturated rings. The molecule has 1 aliphatic rings. The summed E-state index contributed by atoms with van der Waals surface area (Å²) in [5.41, 5.74) is 3.55. The van der Waals surface area contributed by atoms with Crippen molar-refractivity contribution < 1.29 is 0 Å². The van der Waals surface area contributed by atoms with Crippen LogP contribution in [-0.2, 0) is 0 Å². The number of hydrogen-bond acceptors (Lipinski definition) is 0. The Morgan fingerprint density at radius 2 is 2.20 bits per heavy atom. The van der Waals surface area contributed by atoms with Gasteiger partial charge in [0.25, 0.3) is 0 Å². The van der Waals surface area contributed by atoms with Crippen molar-refractivity contribution >= 4 is 0 Å². The zero-order chi connectivity index (χ0) is 11.3. The van der Waals surface area contributed by atoms with Crippen molar-refractivity contribution in [3.8, 4) is 0 Å². The Balaban J connectivity index is 2.56. The van der Waals surface area contributed by atoms with E-state index in [1.165, 1.54) is 50.5 Å². The fourth-order valence-electron chi connectivity index (χ4n) is 2.57. The lowest BCUT2D eigenvalue weighted by Gasteiger charge is -2.32. The second kappa shape index (κ2) is 5.53. The Hall–Kier alpha value is -0.520. The third-order valence-electron chi connectivity index (χ3n) is 4.05. The molecule has 15 heavy (non-hydrogen) atoms. The molecule has 0 heterocycles. The molecule has 86 valence electrons. The van der Waals surface area contributed by atoms with Crippen LogP contribution >= 0.6 is 0 Å². The molecule has 0 aromatic rings. The van der Waals surface area contributed by atoms with Gasteiger partial charge in [0.1, 0.15) is 0 Å². The summed E-state index contributed by atoms with van der Waals surface area (Å²) in [6.07, 6.45) is 11.7. The zero-order valence-corrected chi connectivity index (χ0v) is 10.7. The summed E-state index contributed by atoms with van der Waals surface area (Å²) in [6, 6.07) is 0. The highest BCUT2D eigenvalue weighted by Gasteiger charge is 2.28. The summed E-state index contributed by atoms with van der Waals surface area (Å²) < 4.78 is 0. The molecule has 1 unspecified atom stereocenters. The van der Waals surface area contributed by atoms with E-state index in [4.69, 9.17) is 0 Å². The van der Waals surface area contributed by atoms with E-state index >= 15 is 0 Å². The van der Waals surface area contributed by atoms with Crippen LogP contribution in [0.1, 0.15) is 65.7 Å². The van der Waals surface area contributed by atoms with Crippen LogP contribution in [0.5, 0.6) is 0 Å². The van der Waals surface area contributed by atoms with Crippen molar-refractivity contribution in [2.45, 2.75) is 65.7 Å². The highest BCUT2D eigenvalue weighted by molar-refractivity contribution is 5.04. The second-order valence-corrected chi connectivity index (χ2v) is 5.40. The van der Waals surface area contributed by atoms with Gasteiger partial charge in [0.2, 0.25) is 0 Å². The average Bonchev–Trinajstić information content (AvgIpc) is 2.39. The van der Waals surface area contributed by atoms with Gasteiger partial charge in [-0.1, -0.05) is 30.6 Å². The van der Waals surface area contributed by atoms with Gasteiger partial charge < -0.3 is 0 Å². The standard InChI is InChI=1S/C15H26/c1-5-15(11-8-13(2)3)10-6-7-14(4)9-12-15/h7H,2,5-6,8-12H2,1,3-4H3. The van der Waals surface area contributed by atoms with E-state index in [2.05, 4.69) is 33.4 Å². The van der Waals surface area contributed by atoms with Gasteiger partial charge in [-0.15, -0.1) is 6.58 Å². The van der Waals surface area contributed by atoms with E-state index < -0.39 is 0 Å². The summed E-state index contributed by atoms with van der Waals surface area (Å²) in [4.78, 5) is 0. The lowest BCUT2D eigenvalue weighted by atomic mass is 9.73. The molecule has 0 radical (unpaired) electrons. The molecule has 0 nitrogen and oxygen atoms in total. The molecule has 0 spiro atoms. The Morgan fingerprint density at radius 1 is 1.47 bits per heavy atom. The van der Waals surface area contributed by atoms with Crippen molar-refractivity contribution in [2.24, 2.45) is 5.41 Å². The van der Waals surface area contributed by atoms with E-state index in [-0.39, 0.29) is 0 Å². The molecule has 0 saturated heterocycles. The maximum Gasteiger partial charge on any atom is -0.0291 e. The van der Waals surface area contributed by atoms with E-state index in [1.807, 2.05) is 0 Å². The topological polar surface area (TPSA) is 0 Å². The number of rotatable bonds is 4. The Labute approximate surface area is 95.5 Å². The molecule has 0 amide bonds. The van der Waals surface area contributed by atoms with Gasteiger partial charge in [0, 0.05) is 0 Å². The van der Waals surface area contributed by atoms with Gasteiger partial charge in [-0.05, 0) is 57.8 Å². The predicted molar refractivity (Wildman–Crippen MR) is 69.0 cm³/mol. The largest absolute Gasteiger partial charge is 0.100 e.